The van der Waals surface area contributed by atoms with E-state index in [0.717, 1.165) is 25.9 Å². The van der Waals surface area contributed by atoms with Crippen LogP contribution in [0.1, 0.15) is 28.8 Å². The number of carbonyl (C=O) groups excluding carboxylic acids is 1. The molecular formula is C20H24FN3O3S. The molecule has 6 nitrogen and oxygen atoms in total. The van der Waals surface area contributed by atoms with Crippen LogP contribution in [0.25, 0.3) is 0 Å². The third-order valence-electron chi connectivity index (χ3n) is 4.91. The van der Waals surface area contributed by atoms with Crippen molar-refractivity contribution in [1.82, 2.24) is 10.2 Å². The van der Waals surface area contributed by atoms with Gasteiger partial charge in [0.05, 0.1) is 4.90 Å². The number of piperidine rings is 1. The number of anilines is 1. The molecule has 8 heteroatoms. The Morgan fingerprint density at radius 3 is 2.39 bits per heavy atom. The zero-order chi connectivity index (χ0) is 20.3. The molecule has 2 aromatic rings. The summed E-state index contributed by atoms with van der Waals surface area (Å²) >= 11 is 0. The molecule has 2 N–H and O–H groups in total. The topological polar surface area (TPSA) is 78.5 Å². The quantitative estimate of drug-likeness (QED) is 0.802. The molecule has 1 saturated heterocycles. The normalized spacial score (nSPS) is 16.0. The van der Waals surface area contributed by atoms with Gasteiger partial charge in [-0.3, -0.25) is 9.52 Å². The molecule has 0 bridgehead atoms. The SMILES string of the molecule is Cc1ccc(S(=O)(=O)Nc2ccc(F)cc2)cc1C(=O)NC1CCN(C)CC1. The minimum atomic E-state index is -3.90. The maximum atomic E-state index is 13.0. The van der Waals surface area contributed by atoms with Crippen LogP contribution in [0.15, 0.2) is 47.4 Å². The van der Waals surface area contributed by atoms with Crippen molar-refractivity contribution in [3.8, 4) is 0 Å². The molecule has 0 saturated carbocycles. The first-order valence-corrected chi connectivity index (χ1v) is 10.6. The predicted octanol–water partition coefficient (Wildman–Crippen LogP) is 2.76. The van der Waals surface area contributed by atoms with E-state index >= 15 is 0 Å². The number of halogens is 1. The predicted molar refractivity (Wildman–Crippen MR) is 106 cm³/mol. The number of rotatable bonds is 5. The number of aryl methyl sites for hydroxylation is 1. The Labute approximate surface area is 164 Å². The van der Waals surface area contributed by atoms with E-state index in [0.29, 0.717) is 11.1 Å². The van der Waals surface area contributed by atoms with Gasteiger partial charge in [0, 0.05) is 17.3 Å². The lowest BCUT2D eigenvalue weighted by Gasteiger charge is -2.29. The lowest BCUT2D eigenvalue weighted by atomic mass is 10.0. The van der Waals surface area contributed by atoms with Gasteiger partial charge in [0.25, 0.3) is 15.9 Å². The number of sulfonamides is 1. The highest BCUT2D eigenvalue weighted by molar-refractivity contribution is 7.92. The number of carbonyl (C=O) groups is 1. The first-order chi connectivity index (χ1) is 13.2. The highest BCUT2D eigenvalue weighted by Gasteiger charge is 2.22. The third kappa shape index (κ3) is 4.88. The van der Waals surface area contributed by atoms with Crippen molar-refractivity contribution in [3.63, 3.8) is 0 Å². The fraction of sp³-hybridized carbons (Fsp3) is 0.350. The molecule has 1 aliphatic heterocycles. The highest BCUT2D eigenvalue weighted by Crippen LogP contribution is 2.20. The first kappa shape index (κ1) is 20.3. The van der Waals surface area contributed by atoms with Crippen LogP contribution in [0, 0.1) is 12.7 Å². The Kier molecular flexibility index (Phi) is 6.00. The Morgan fingerprint density at radius 2 is 1.75 bits per heavy atom. The second-order valence-electron chi connectivity index (χ2n) is 7.14. The van der Waals surface area contributed by atoms with E-state index in [-0.39, 0.29) is 22.5 Å². The monoisotopic (exact) mass is 405 g/mol. The number of amides is 1. The summed E-state index contributed by atoms with van der Waals surface area (Å²) in [5.74, 6) is -0.725. The van der Waals surface area contributed by atoms with Crippen molar-refractivity contribution in [3.05, 3.63) is 59.4 Å². The van der Waals surface area contributed by atoms with E-state index in [4.69, 9.17) is 0 Å². The van der Waals surface area contributed by atoms with Gasteiger partial charge < -0.3 is 10.2 Å². The summed E-state index contributed by atoms with van der Waals surface area (Å²) < 4.78 is 40.7. The second-order valence-corrected chi connectivity index (χ2v) is 8.82. The molecule has 0 aromatic heterocycles. The standard InChI is InChI=1S/C20H24FN3O3S/c1-14-3-8-18(28(26,27)23-17-6-4-15(21)5-7-17)13-19(14)20(25)22-16-9-11-24(2)12-10-16/h3-8,13,16,23H,9-12H2,1-2H3,(H,22,25). The van der Waals surface area contributed by atoms with Crippen LogP contribution in [0.4, 0.5) is 10.1 Å². The Balaban J connectivity index is 1.78. The molecule has 0 radical (unpaired) electrons. The molecule has 0 unspecified atom stereocenters. The molecule has 1 amide bonds. The van der Waals surface area contributed by atoms with Gasteiger partial charge in [0.1, 0.15) is 5.82 Å². The zero-order valence-corrected chi connectivity index (χ0v) is 16.7. The average Bonchev–Trinajstić information content (AvgIpc) is 2.65. The van der Waals surface area contributed by atoms with E-state index in [9.17, 15) is 17.6 Å². The van der Waals surface area contributed by atoms with Crippen LogP contribution < -0.4 is 10.0 Å². The fourth-order valence-electron chi connectivity index (χ4n) is 3.16. The van der Waals surface area contributed by atoms with Gasteiger partial charge in [-0.25, -0.2) is 12.8 Å². The molecule has 1 fully saturated rings. The number of nitrogens with zero attached hydrogens (tertiary/aromatic N) is 1. The second kappa shape index (κ2) is 8.28. The summed E-state index contributed by atoms with van der Waals surface area (Å²) in [6, 6.07) is 9.56. The maximum Gasteiger partial charge on any atom is 0.261 e. The van der Waals surface area contributed by atoms with Crippen LogP contribution in [0.3, 0.4) is 0 Å². The van der Waals surface area contributed by atoms with Crippen molar-refractivity contribution >= 4 is 21.6 Å². The molecule has 150 valence electrons. The summed E-state index contributed by atoms with van der Waals surface area (Å²) in [6.45, 7) is 3.60. The molecule has 0 atom stereocenters. The Morgan fingerprint density at radius 1 is 1.11 bits per heavy atom. The molecule has 1 heterocycles. The van der Waals surface area contributed by atoms with E-state index in [1.165, 1.54) is 36.4 Å². The third-order valence-corrected chi connectivity index (χ3v) is 6.29. The van der Waals surface area contributed by atoms with E-state index in [2.05, 4.69) is 14.9 Å². The number of benzene rings is 2. The summed E-state index contributed by atoms with van der Waals surface area (Å²) in [6.07, 6.45) is 1.73. The molecule has 3 rings (SSSR count). The van der Waals surface area contributed by atoms with E-state index in [1.54, 1.807) is 13.0 Å². The number of nitrogens with one attached hydrogen (secondary N) is 2. The molecule has 0 aliphatic carbocycles. The largest absolute Gasteiger partial charge is 0.349 e. The molecule has 28 heavy (non-hydrogen) atoms. The van der Waals surface area contributed by atoms with Gasteiger partial charge in [0.2, 0.25) is 0 Å². The van der Waals surface area contributed by atoms with Crippen LogP contribution >= 0.6 is 0 Å². The Hall–Kier alpha value is -2.45. The van der Waals surface area contributed by atoms with Crippen molar-refractivity contribution < 1.29 is 17.6 Å². The Bertz CT molecular complexity index is 953. The van der Waals surface area contributed by atoms with Crippen molar-refractivity contribution in [2.45, 2.75) is 30.7 Å². The van der Waals surface area contributed by atoms with Gasteiger partial charge in [0.15, 0.2) is 0 Å². The van der Waals surface area contributed by atoms with Gasteiger partial charge >= 0.3 is 0 Å². The van der Waals surface area contributed by atoms with E-state index in [1.807, 2.05) is 7.05 Å². The summed E-state index contributed by atoms with van der Waals surface area (Å²) in [4.78, 5) is 14.9. The summed E-state index contributed by atoms with van der Waals surface area (Å²) in [5, 5.41) is 3.01. The maximum absolute atomic E-state index is 13.0. The lowest BCUT2D eigenvalue weighted by molar-refractivity contribution is 0.0916. The van der Waals surface area contributed by atoms with Crippen LogP contribution in [0.5, 0.6) is 0 Å². The van der Waals surface area contributed by atoms with Crippen LogP contribution in [-0.2, 0) is 10.0 Å². The molecular weight excluding hydrogens is 381 g/mol. The number of hydrogen-bond acceptors (Lipinski definition) is 4. The molecule has 0 spiro atoms. The zero-order valence-electron chi connectivity index (χ0n) is 15.9. The summed E-state index contributed by atoms with van der Waals surface area (Å²) in [7, 11) is -1.85. The first-order valence-electron chi connectivity index (χ1n) is 9.13. The molecule has 1 aliphatic rings. The minimum absolute atomic E-state index is 0.0176. The van der Waals surface area contributed by atoms with Gasteiger partial charge in [-0.2, -0.15) is 0 Å². The fourth-order valence-corrected chi connectivity index (χ4v) is 4.25. The average molecular weight is 405 g/mol. The van der Waals surface area contributed by atoms with Gasteiger partial charge in [-0.05, 0) is 81.9 Å². The van der Waals surface area contributed by atoms with Crippen LogP contribution in [0.2, 0.25) is 0 Å². The van der Waals surface area contributed by atoms with Crippen molar-refractivity contribution in [1.29, 1.82) is 0 Å². The smallest absolute Gasteiger partial charge is 0.261 e. The van der Waals surface area contributed by atoms with Crippen LogP contribution in [-0.4, -0.2) is 45.4 Å². The molecule has 2 aromatic carbocycles. The van der Waals surface area contributed by atoms with Crippen molar-refractivity contribution in [2.24, 2.45) is 0 Å². The van der Waals surface area contributed by atoms with E-state index < -0.39 is 15.8 Å². The van der Waals surface area contributed by atoms with Gasteiger partial charge in [-0.1, -0.05) is 6.07 Å². The number of hydrogen-bond donors (Lipinski definition) is 2. The number of likely N-dealkylation sites (tertiary alicyclic amines) is 1. The summed E-state index contributed by atoms with van der Waals surface area (Å²) in [5.41, 5.74) is 1.28. The van der Waals surface area contributed by atoms with Gasteiger partial charge in [-0.15, -0.1) is 0 Å². The van der Waals surface area contributed by atoms with Crippen molar-refractivity contribution in [2.75, 3.05) is 24.9 Å². The lowest BCUT2D eigenvalue weighted by Crippen LogP contribution is -2.43. The minimum Gasteiger partial charge on any atom is -0.349 e. The highest BCUT2D eigenvalue weighted by atomic mass is 32.2.